The van der Waals surface area contributed by atoms with Gasteiger partial charge in [0.25, 0.3) is 0 Å². The summed E-state index contributed by atoms with van der Waals surface area (Å²) >= 11 is 1.66. The lowest BCUT2D eigenvalue weighted by molar-refractivity contribution is 0.408. The topological polar surface area (TPSA) is 42.1 Å². The monoisotopic (exact) mass is 241 g/mol. The summed E-state index contributed by atoms with van der Waals surface area (Å²) in [5.74, 6) is 0. The fraction of sp³-hybridized carbons (Fsp3) is 0.750. The van der Waals surface area contributed by atoms with Crippen LogP contribution in [0.3, 0.4) is 0 Å². The number of nitrogens with two attached hydrogens (primary N) is 1. The van der Waals surface area contributed by atoms with Crippen molar-refractivity contribution in [1.82, 2.24) is 9.88 Å². The van der Waals surface area contributed by atoms with Crippen LogP contribution in [0, 0.1) is 0 Å². The van der Waals surface area contributed by atoms with Crippen LogP contribution in [0.5, 0.6) is 0 Å². The van der Waals surface area contributed by atoms with Gasteiger partial charge in [-0.1, -0.05) is 6.92 Å². The molecule has 16 heavy (non-hydrogen) atoms. The van der Waals surface area contributed by atoms with Gasteiger partial charge in [0.05, 0.1) is 5.69 Å². The molecule has 3 nitrogen and oxygen atoms in total. The maximum Gasteiger partial charge on any atom is 0.180 e. The Kier molecular flexibility index (Phi) is 5.77. The Bertz CT molecular complexity index is 284. The predicted molar refractivity (Wildman–Crippen MR) is 72.0 cm³/mol. The molecule has 0 unspecified atom stereocenters. The summed E-state index contributed by atoms with van der Waals surface area (Å²) in [7, 11) is 4.17. The van der Waals surface area contributed by atoms with E-state index in [1.807, 2.05) is 0 Å². The fourth-order valence-corrected chi connectivity index (χ4v) is 2.74. The van der Waals surface area contributed by atoms with Crippen LogP contribution < -0.4 is 5.73 Å². The van der Waals surface area contributed by atoms with Crippen LogP contribution in [-0.4, -0.2) is 30.5 Å². The molecule has 1 heterocycles. The SMILES string of the molecule is CCCN(C)C.Nc1nc2c(s1)CCCC2. The highest BCUT2D eigenvalue weighted by Gasteiger charge is 2.12. The lowest BCUT2D eigenvalue weighted by Crippen LogP contribution is -2.11. The number of thiazole rings is 1. The molecule has 2 N–H and O–H groups in total. The van der Waals surface area contributed by atoms with E-state index >= 15 is 0 Å². The van der Waals surface area contributed by atoms with Crippen LogP contribution in [-0.2, 0) is 12.8 Å². The van der Waals surface area contributed by atoms with Gasteiger partial charge in [-0.25, -0.2) is 4.98 Å². The summed E-state index contributed by atoms with van der Waals surface area (Å²) < 4.78 is 0. The Hall–Kier alpha value is -0.610. The normalized spacial score (nSPS) is 14.2. The number of aromatic nitrogens is 1. The van der Waals surface area contributed by atoms with Crippen LogP contribution >= 0.6 is 11.3 Å². The molecule has 0 aliphatic heterocycles. The first-order valence-corrected chi connectivity index (χ1v) is 6.84. The second-order valence-corrected chi connectivity index (χ2v) is 5.55. The zero-order valence-corrected chi connectivity index (χ0v) is 11.4. The number of hydrogen-bond acceptors (Lipinski definition) is 4. The molecular weight excluding hydrogens is 218 g/mol. The highest BCUT2D eigenvalue weighted by molar-refractivity contribution is 7.15. The van der Waals surface area contributed by atoms with Crippen molar-refractivity contribution in [3.05, 3.63) is 10.6 Å². The predicted octanol–water partition coefficient (Wildman–Crippen LogP) is 2.56. The minimum Gasteiger partial charge on any atom is -0.375 e. The molecule has 0 aromatic carbocycles. The number of hydrogen-bond donors (Lipinski definition) is 1. The zero-order chi connectivity index (χ0) is 12.0. The minimum absolute atomic E-state index is 0.743. The van der Waals surface area contributed by atoms with E-state index in [0.29, 0.717) is 0 Å². The van der Waals surface area contributed by atoms with Gasteiger partial charge in [0.2, 0.25) is 0 Å². The third-order valence-electron chi connectivity index (χ3n) is 2.53. The quantitative estimate of drug-likeness (QED) is 0.865. The molecule has 1 aromatic heterocycles. The summed E-state index contributed by atoms with van der Waals surface area (Å²) in [4.78, 5) is 7.85. The molecule has 1 aliphatic carbocycles. The average Bonchev–Trinajstić information content (AvgIpc) is 2.58. The van der Waals surface area contributed by atoms with Gasteiger partial charge in [-0.05, 0) is 52.7 Å². The molecule has 92 valence electrons. The minimum atomic E-state index is 0.743. The summed E-state index contributed by atoms with van der Waals surface area (Å²) in [6.45, 7) is 3.39. The van der Waals surface area contributed by atoms with Crippen LogP contribution in [0.25, 0.3) is 0 Å². The van der Waals surface area contributed by atoms with Gasteiger partial charge >= 0.3 is 0 Å². The van der Waals surface area contributed by atoms with Crippen molar-refractivity contribution in [3.8, 4) is 0 Å². The van der Waals surface area contributed by atoms with E-state index in [-0.39, 0.29) is 0 Å². The van der Waals surface area contributed by atoms with Crippen molar-refractivity contribution in [2.24, 2.45) is 0 Å². The van der Waals surface area contributed by atoms with Crippen molar-refractivity contribution in [3.63, 3.8) is 0 Å². The first-order chi connectivity index (χ1) is 7.63. The van der Waals surface area contributed by atoms with Gasteiger partial charge in [0.15, 0.2) is 5.13 Å². The van der Waals surface area contributed by atoms with E-state index in [1.54, 1.807) is 11.3 Å². The largest absolute Gasteiger partial charge is 0.375 e. The standard InChI is InChI=1S/C7H10N2S.C5H13N/c8-7-9-5-3-1-2-4-6(5)10-7;1-4-5-6(2)3/h1-4H2,(H2,8,9);4-5H2,1-3H3. The van der Waals surface area contributed by atoms with Gasteiger partial charge < -0.3 is 10.6 Å². The van der Waals surface area contributed by atoms with Gasteiger partial charge in [-0.2, -0.15) is 0 Å². The Morgan fingerprint density at radius 1 is 1.31 bits per heavy atom. The zero-order valence-electron chi connectivity index (χ0n) is 10.6. The summed E-state index contributed by atoms with van der Waals surface area (Å²) in [5.41, 5.74) is 6.82. The maximum absolute atomic E-state index is 5.57. The van der Waals surface area contributed by atoms with E-state index in [4.69, 9.17) is 5.73 Å². The lowest BCUT2D eigenvalue weighted by atomic mass is 10.0. The molecule has 0 saturated heterocycles. The van der Waals surface area contributed by atoms with Crippen LogP contribution in [0.4, 0.5) is 5.13 Å². The molecule has 0 spiro atoms. The van der Waals surface area contributed by atoms with E-state index in [0.717, 1.165) is 11.6 Å². The smallest absolute Gasteiger partial charge is 0.180 e. The second kappa shape index (κ2) is 6.86. The van der Waals surface area contributed by atoms with Gasteiger partial charge in [-0.15, -0.1) is 11.3 Å². The molecule has 0 amide bonds. The average molecular weight is 241 g/mol. The highest BCUT2D eigenvalue weighted by atomic mass is 32.1. The van der Waals surface area contributed by atoms with E-state index < -0.39 is 0 Å². The molecule has 4 heteroatoms. The van der Waals surface area contributed by atoms with Crippen molar-refractivity contribution >= 4 is 16.5 Å². The second-order valence-electron chi connectivity index (χ2n) is 4.43. The first-order valence-electron chi connectivity index (χ1n) is 6.02. The van der Waals surface area contributed by atoms with Crippen molar-refractivity contribution in [1.29, 1.82) is 0 Å². The van der Waals surface area contributed by atoms with Crippen molar-refractivity contribution < 1.29 is 0 Å². The summed E-state index contributed by atoms with van der Waals surface area (Å²) in [6, 6.07) is 0. The molecule has 0 radical (unpaired) electrons. The number of rotatable bonds is 2. The third kappa shape index (κ3) is 4.49. The number of aryl methyl sites for hydroxylation is 2. The molecule has 0 bridgehead atoms. The van der Waals surface area contributed by atoms with Crippen molar-refractivity contribution in [2.45, 2.75) is 39.0 Å². The molecular formula is C12H23N3S. The first kappa shape index (κ1) is 13.5. The lowest BCUT2D eigenvalue weighted by Gasteiger charge is -2.06. The van der Waals surface area contributed by atoms with Crippen LogP contribution in [0.1, 0.15) is 36.8 Å². The molecule has 0 saturated carbocycles. The van der Waals surface area contributed by atoms with Gasteiger partial charge in [-0.3, -0.25) is 0 Å². The molecule has 0 fully saturated rings. The van der Waals surface area contributed by atoms with Crippen molar-refractivity contribution in [2.75, 3.05) is 26.4 Å². The summed E-state index contributed by atoms with van der Waals surface area (Å²) in [5, 5.41) is 0.743. The maximum atomic E-state index is 5.57. The number of nitrogens with zero attached hydrogens (tertiary/aromatic N) is 2. The van der Waals surface area contributed by atoms with Crippen LogP contribution in [0.15, 0.2) is 0 Å². The van der Waals surface area contributed by atoms with Gasteiger partial charge in [0.1, 0.15) is 0 Å². The third-order valence-corrected chi connectivity index (χ3v) is 3.52. The Morgan fingerprint density at radius 2 is 2.00 bits per heavy atom. The van der Waals surface area contributed by atoms with E-state index in [2.05, 4.69) is 30.9 Å². The Balaban J connectivity index is 0.000000187. The number of fused-ring (bicyclic) bond motifs is 1. The fourth-order valence-electron chi connectivity index (χ4n) is 1.82. The van der Waals surface area contributed by atoms with E-state index in [1.165, 1.54) is 42.8 Å². The number of nitrogen functional groups attached to an aromatic ring is 1. The Morgan fingerprint density at radius 3 is 2.50 bits per heavy atom. The van der Waals surface area contributed by atoms with Crippen LogP contribution in [0.2, 0.25) is 0 Å². The van der Waals surface area contributed by atoms with Gasteiger partial charge in [0, 0.05) is 4.88 Å². The van der Waals surface area contributed by atoms with E-state index in [9.17, 15) is 0 Å². The molecule has 1 aliphatic rings. The molecule has 1 aromatic rings. The highest BCUT2D eigenvalue weighted by Crippen LogP contribution is 2.27. The number of anilines is 1. The molecule has 2 rings (SSSR count). The Labute approximate surface area is 103 Å². The molecule has 0 atom stereocenters. The summed E-state index contributed by atoms with van der Waals surface area (Å²) in [6.07, 6.45) is 6.20.